The molecule has 0 aromatic heterocycles. The quantitative estimate of drug-likeness (QED) is 0.726. The first-order chi connectivity index (χ1) is 7.93. The third kappa shape index (κ3) is 2.07. The van der Waals surface area contributed by atoms with Crippen LogP contribution in [0.25, 0.3) is 0 Å². The molecule has 1 fully saturated rings. The van der Waals surface area contributed by atoms with E-state index in [1.165, 1.54) is 11.3 Å². The molecular formula is C14H12OS. The average Bonchev–Trinajstić information content (AvgIpc) is 3.15. The van der Waals surface area contributed by atoms with Crippen molar-refractivity contribution in [2.24, 2.45) is 0 Å². The lowest BCUT2D eigenvalue weighted by Crippen LogP contribution is -1.89. The highest BCUT2D eigenvalue weighted by Gasteiger charge is 2.27. The molecule has 0 N–H and O–H groups in total. The van der Waals surface area contributed by atoms with Crippen LogP contribution in [-0.4, -0.2) is 5.75 Å². The maximum absolute atomic E-state index is 5.90. The minimum Gasteiger partial charge on any atom is -0.457 e. The van der Waals surface area contributed by atoms with Crippen molar-refractivity contribution in [2.45, 2.75) is 5.25 Å². The van der Waals surface area contributed by atoms with Crippen LogP contribution in [0, 0.1) is 0 Å². The Kier molecular flexibility index (Phi) is 2.58. The summed E-state index contributed by atoms with van der Waals surface area (Å²) in [6, 6.07) is 18.2. The van der Waals surface area contributed by atoms with Gasteiger partial charge in [0.15, 0.2) is 0 Å². The number of hydrogen-bond acceptors (Lipinski definition) is 2. The Bertz CT molecular complexity index is 477. The summed E-state index contributed by atoms with van der Waals surface area (Å²) in [6.45, 7) is 0. The van der Waals surface area contributed by atoms with E-state index in [0.29, 0.717) is 5.25 Å². The van der Waals surface area contributed by atoms with Crippen LogP contribution in [0.2, 0.25) is 0 Å². The van der Waals surface area contributed by atoms with Gasteiger partial charge in [-0.25, -0.2) is 0 Å². The minimum absolute atomic E-state index is 0.639. The lowest BCUT2D eigenvalue weighted by Gasteiger charge is -2.09. The van der Waals surface area contributed by atoms with Gasteiger partial charge < -0.3 is 4.74 Å². The zero-order chi connectivity index (χ0) is 10.8. The molecule has 1 nitrogen and oxygen atoms in total. The minimum atomic E-state index is 0.639. The number of rotatable bonds is 3. The van der Waals surface area contributed by atoms with E-state index in [2.05, 4.69) is 12.1 Å². The van der Waals surface area contributed by atoms with E-state index < -0.39 is 0 Å². The van der Waals surface area contributed by atoms with Crippen LogP contribution in [0.3, 0.4) is 0 Å². The van der Waals surface area contributed by atoms with Crippen molar-refractivity contribution >= 4 is 11.8 Å². The van der Waals surface area contributed by atoms with Gasteiger partial charge in [-0.2, -0.15) is 11.8 Å². The van der Waals surface area contributed by atoms with Crippen molar-refractivity contribution in [3.63, 3.8) is 0 Å². The van der Waals surface area contributed by atoms with Crippen LogP contribution in [0.1, 0.15) is 10.8 Å². The first-order valence-electron chi connectivity index (χ1n) is 5.37. The second kappa shape index (κ2) is 4.22. The molecule has 2 aromatic carbocycles. The molecule has 0 saturated carbocycles. The largest absolute Gasteiger partial charge is 0.457 e. The van der Waals surface area contributed by atoms with E-state index in [1.807, 2.05) is 54.2 Å². The maximum atomic E-state index is 5.90. The fourth-order valence-corrected chi connectivity index (χ4v) is 2.33. The predicted octanol–water partition coefficient (Wildman–Crippen LogP) is 4.27. The molecule has 1 aliphatic rings. The highest BCUT2D eigenvalue weighted by Crippen LogP contribution is 2.49. The van der Waals surface area contributed by atoms with Crippen LogP contribution in [-0.2, 0) is 0 Å². The molecule has 1 unspecified atom stereocenters. The first-order valence-corrected chi connectivity index (χ1v) is 6.42. The highest BCUT2D eigenvalue weighted by molar-refractivity contribution is 8.06. The van der Waals surface area contributed by atoms with Gasteiger partial charge in [-0.3, -0.25) is 0 Å². The Labute approximate surface area is 99.4 Å². The molecule has 0 radical (unpaired) electrons. The third-order valence-corrected chi connectivity index (χ3v) is 3.49. The molecule has 1 heterocycles. The summed E-state index contributed by atoms with van der Waals surface area (Å²) >= 11 is 1.97. The Hall–Kier alpha value is -1.41. The summed E-state index contributed by atoms with van der Waals surface area (Å²) in [7, 11) is 0. The Morgan fingerprint density at radius 2 is 1.62 bits per heavy atom. The van der Waals surface area contributed by atoms with E-state index in [4.69, 9.17) is 4.74 Å². The van der Waals surface area contributed by atoms with Crippen LogP contribution >= 0.6 is 11.8 Å². The average molecular weight is 228 g/mol. The lowest BCUT2D eigenvalue weighted by molar-refractivity contribution is 0.477. The summed E-state index contributed by atoms with van der Waals surface area (Å²) in [5, 5.41) is 0.639. The van der Waals surface area contributed by atoms with Crippen molar-refractivity contribution in [3.05, 3.63) is 60.2 Å². The predicted molar refractivity (Wildman–Crippen MR) is 68.2 cm³/mol. The second-order valence-corrected chi connectivity index (χ2v) is 5.01. The van der Waals surface area contributed by atoms with E-state index in [-0.39, 0.29) is 0 Å². The SMILES string of the molecule is c1ccc(Oc2ccccc2C2CS2)cc1. The van der Waals surface area contributed by atoms with E-state index >= 15 is 0 Å². The first kappa shape index (κ1) is 9.79. The number of para-hydroxylation sites is 2. The number of hydrogen-bond donors (Lipinski definition) is 0. The van der Waals surface area contributed by atoms with E-state index in [1.54, 1.807) is 0 Å². The lowest BCUT2D eigenvalue weighted by atomic mass is 10.1. The van der Waals surface area contributed by atoms with Gasteiger partial charge in [0.2, 0.25) is 0 Å². The standard InChI is InChI=1S/C14H12OS/c1-2-6-11(7-3-1)15-13-9-5-4-8-12(13)14-10-16-14/h1-9,14H,10H2. The summed E-state index contributed by atoms with van der Waals surface area (Å²) < 4.78 is 5.90. The van der Waals surface area contributed by atoms with Gasteiger partial charge in [-0.05, 0) is 18.2 Å². The van der Waals surface area contributed by atoms with Gasteiger partial charge in [0, 0.05) is 16.6 Å². The molecule has 1 saturated heterocycles. The second-order valence-electron chi connectivity index (χ2n) is 3.77. The molecule has 0 amide bonds. The summed E-state index contributed by atoms with van der Waals surface area (Å²) in [5.41, 5.74) is 1.32. The topological polar surface area (TPSA) is 9.23 Å². The molecule has 1 atom stereocenters. The van der Waals surface area contributed by atoms with Crippen LogP contribution in [0.5, 0.6) is 11.5 Å². The van der Waals surface area contributed by atoms with Crippen LogP contribution < -0.4 is 4.74 Å². The Morgan fingerprint density at radius 1 is 0.938 bits per heavy atom. The summed E-state index contributed by atoms with van der Waals surface area (Å²) in [5.74, 6) is 3.11. The molecule has 0 aliphatic carbocycles. The molecular weight excluding hydrogens is 216 g/mol. The van der Waals surface area contributed by atoms with Crippen LogP contribution in [0.15, 0.2) is 54.6 Å². The molecule has 16 heavy (non-hydrogen) atoms. The van der Waals surface area contributed by atoms with Crippen molar-refractivity contribution in [3.8, 4) is 11.5 Å². The summed E-state index contributed by atoms with van der Waals surface area (Å²) in [4.78, 5) is 0. The third-order valence-electron chi connectivity index (χ3n) is 2.57. The molecule has 3 rings (SSSR count). The van der Waals surface area contributed by atoms with Gasteiger partial charge in [-0.1, -0.05) is 36.4 Å². The van der Waals surface area contributed by atoms with Gasteiger partial charge in [-0.15, -0.1) is 0 Å². The highest BCUT2D eigenvalue weighted by atomic mass is 32.2. The number of thioether (sulfide) groups is 1. The normalized spacial score (nSPS) is 18.1. The van der Waals surface area contributed by atoms with E-state index in [0.717, 1.165) is 11.5 Å². The zero-order valence-electron chi connectivity index (χ0n) is 8.80. The summed E-state index contributed by atoms with van der Waals surface area (Å²) in [6.07, 6.45) is 0. The van der Waals surface area contributed by atoms with E-state index in [9.17, 15) is 0 Å². The number of ether oxygens (including phenoxy) is 1. The number of benzene rings is 2. The van der Waals surface area contributed by atoms with Gasteiger partial charge in [0.25, 0.3) is 0 Å². The van der Waals surface area contributed by atoms with Crippen molar-refractivity contribution in [1.29, 1.82) is 0 Å². The molecule has 0 bridgehead atoms. The molecule has 2 aromatic rings. The fourth-order valence-electron chi connectivity index (χ4n) is 1.68. The molecule has 2 heteroatoms. The zero-order valence-corrected chi connectivity index (χ0v) is 9.61. The van der Waals surface area contributed by atoms with Gasteiger partial charge in [0.05, 0.1) is 0 Å². The van der Waals surface area contributed by atoms with Gasteiger partial charge >= 0.3 is 0 Å². The fraction of sp³-hybridized carbons (Fsp3) is 0.143. The monoisotopic (exact) mass is 228 g/mol. The smallest absolute Gasteiger partial charge is 0.131 e. The maximum Gasteiger partial charge on any atom is 0.131 e. The van der Waals surface area contributed by atoms with Crippen LogP contribution in [0.4, 0.5) is 0 Å². The Morgan fingerprint density at radius 3 is 2.38 bits per heavy atom. The molecule has 1 aliphatic heterocycles. The van der Waals surface area contributed by atoms with Crippen molar-refractivity contribution < 1.29 is 4.74 Å². The Balaban J connectivity index is 1.89. The van der Waals surface area contributed by atoms with Gasteiger partial charge in [0.1, 0.15) is 11.5 Å². The van der Waals surface area contributed by atoms with Crippen molar-refractivity contribution in [1.82, 2.24) is 0 Å². The molecule has 0 spiro atoms. The molecule has 80 valence electrons. The van der Waals surface area contributed by atoms with Crippen molar-refractivity contribution in [2.75, 3.05) is 5.75 Å².